The number of thiophene rings is 1. The number of hydrogen-bond donors (Lipinski definition) is 2. The molecule has 2 N–H and O–H groups in total. The zero-order valence-electron chi connectivity index (χ0n) is 10.7. The van der Waals surface area contributed by atoms with Gasteiger partial charge in [-0.2, -0.15) is 0 Å². The number of aryl methyl sites for hydroxylation is 1. The minimum absolute atomic E-state index is 0.00421. The van der Waals surface area contributed by atoms with Crippen molar-refractivity contribution in [2.45, 2.75) is 22.7 Å². The third-order valence-corrected chi connectivity index (χ3v) is 6.44. The van der Waals surface area contributed by atoms with Gasteiger partial charge in [0.2, 0.25) is 10.0 Å². The van der Waals surface area contributed by atoms with Gasteiger partial charge in [0.25, 0.3) is 0 Å². The zero-order chi connectivity index (χ0) is 14.2. The maximum absolute atomic E-state index is 12.1. The van der Waals surface area contributed by atoms with Gasteiger partial charge in [-0.3, -0.25) is 0 Å². The molecule has 0 unspecified atom stereocenters. The van der Waals surface area contributed by atoms with Crippen LogP contribution in [0.4, 0.5) is 0 Å². The van der Waals surface area contributed by atoms with E-state index < -0.39 is 15.6 Å². The Balaban J connectivity index is 1.80. The Morgan fingerprint density at radius 2 is 2.05 bits per heavy atom. The molecule has 1 aliphatic rings. The number of benzene rings is 1. The molecule has 0 amide bonds. The first-order valence-electron chi connectivity index (χ1n) is 6.35. The van der Waals surface area contributed by atoms with Crippen LogP contribution < -0.4 is 4.72 Å². The van der Waals surface area contributed by atoms with Gasteiger partial charge in [0.05, 0.1) is 0 Å². The van der Waals surface area contributed by atoms with Crippen molar-refractivity contribution in [3.8, 4) is 0 Å². The van der Waals surface area contributed by atoms with E-state index in [4.69, 9.17) is 0 Å². The minimum atomic E-state index is -3.54. The van der Waals surface area contributed by atoms with Gasteiger partial charge in [-0.15, -0.1) is 11.3 Å². The van der Waals surface area contributed by atoms with Gasteiger partial charge in [-0.25, -0.2) is 13.1 Å². The zero-order valence-corrected chi connectivity index (χ0v) is 12.4. The van der Waals surface area contributed by atoms with Crippen LogP contribution in [0.25, 0.3) is 0 Å². The van der Waals surface area contributed by atoms with Crippen molar-refractivity contribution in [1.82, 2.24) is 4.72 Å². The van der Waals surface area contributed by atoms with E-state index in [0.717, 1.165) is 28.9 Å². The van der Waals surface area contributed by atoms with Crippen LogP contribution in [0, 0.1) is 0 Å². The maximum atomic E-state index is 12.1. The van der Waals surface area contributed by atoms with Crippen molar-refractivity contribution in [2.75, 3.05) is 6.54 Å². The molecular weight excluding hydrogens is 294 g/mol. The van der Waals surface area contributed by atoms with Gasteiger partial charge in [-0.1, -0.05) is 30.3 Å². The normalized spacial score (nSPS) is 21.9. The monoisotopic (exact) mass is 309 g/mol. The van der Waals surface area contributed by atoms with E-state index in [1.165, 1.54) is 0 Å². The second-order valence-electron chi connectivity index (χ2n) is 4.95. The third kappa shape index (κ3) is 2.40. The average Bonchev–Trinajstić information content (AvgIpc) is 3.07. The summed E-state index contributed by atoms with van der Waals surface area (Å²) in [5.74, 6) is 0. The smallest absolute Gasteiger partial charge is 0.250 e. The van der Waals surface area contributed by atoms with Crippen LogP contribution in [0.5, 0.6) is 0 Å². The fourth-order valence-electron chi connectivity index (χ4n) is 2.55. The second-order valence-corrected chi connectivity index (χ2v) is 7.89. The first-order valence-corrected chi connectivity index (χ1v) is 8.71. The molecule has 0 saturated carbocycles. The molecule has 0 aliphatic heterocycles. The molecule has 0 fully saturated rings. The van der Waals surface area contributed by atoms with E-state index >= 15 is 0 Å². The van der Waals surface area contributed by atoms with Crippen LogP contribution in [-0.4, -0.2) is 20.1 Å². The predicted octanol–water partition coefficient (Wildman–Crippen LogP) is 1.86. The van der Waals surface area contributed by atoms with Crippen LogP contribution in [0.1, 0.15) is 17.5 Å². The summed E-state index contributed by atoms with van der Waals surface area (Å²) in [7, 11) is -3.54. The van der Waals surface area contributed by atoms with E-state index in [1.54, 1.807) is 17.5 Å². The summed E-state index contributed by atoms with van der Waals surface area (Å²) in [4.78, 5) is 0. The van der Waals surface area contributed by atoms with Crippen molar-refractivity contribution >= 4 is 21.4 Å². The van der Waals surface area contributed by atoms with Crippen molar-refractivity contribution in [3.05, 3.63) is 52.9 Å². The summed E-state index contributed by atoms with van der Waals surface area (Å²) < 4.78 is 27.0. The molecule has 0 bridgehead atoms. The third-order valence-electron chi connectivity index (χ3n) is 3.64. The first kappa shape index (κ1) is 13.8. The molecule has 1 atom stereocenters. The van der Waals surface area contributed by atoms with E-state index in [0.29, 0.717) is 6.42 Å². The molecule has 3 rings (SSSR count). The fourth-order valence-corrected chi connectivity index (χ4v) is 4.68. The lowest BCUT2D eigenvalue weighted by Gasteiger charge is -2.24. The highest BCUT2D eigenvalue weighted by molar-refractivity contribution is 7.91. The Morgan fingerprint density at radius 3 is 2.80 bits per heavy atom. The minimum Gasteiger partial charge on any atom is -0.384 e. The number of aliphatic hydroxyl groups is 1. The van der Waals surface area contributed by atoms with Crippen LogP contribution in [0.2, 0.25) is 0 Å². The van der Waals surface area contributed by atoms with Crippen molar-refractivity contribution in [3.63, 3.8) is 0 Å². The van der Waals surface area contributed by atoms with E-state index in [-0.39, 0.29) is 10.8 Å². The molecule has 1 aromatic heterocycles. The fraction of sp³-hybridized carbons (Fsp3) is 0.286. The molecular formula is C14H15NO3S2. The number of fused-ring (bicyclic) bond motifs is 1. The Labute approximate surface area is 122 Å². The number of sulfonamides is 1. The average molecular weight is 309 g/mol. The molecule has 2 aromatic rings. The van der Waals surface area contributed by atoms with Gasteiger partial charge in [0.15, 0.2) is 0 Å². The first-order chi connectivity index (χ1) is 9.51. The summed E-state index contributed by atoms with van der Waals surface area (Å²) in [6, 6.07) is 10.9. The van der Waals surface area contributed by atoms with Crippen LogP contribution in [0.15, 0.2) is 46.0 Å². The molecule has 20 heavy (non-hydrogen) atoms. The molecule has 106 valence electrons. The van der Waals surface area contributed by atoms with Crippen molar-refractivity contribution in [2.24, 2.45) is 0 Å². The highest BCUT2D eigenvalue weighted by atomic mass is 32.2. The molecule has 1 aliphatic carbocycles. The molecule has 0 radical (unpaired) electrons. The van der Waals surface area contributed by atoms with Crippen LogP contribution in [0.3, 0.4) is 0 Å². The summed E-state index contributed by atoms with van der Waals surface area (Å²) in [5, 5.41) is 12.4. The SMILES string of the molecule is O=S(=O)(NC[C@@]1(O)CCc2ccccc21)c1cccs1. The predicted molar refractivity (Wildman–Crippen MR) is 78.2 cm³/mol. The summed E-state index contributed by atoms with van der Waals surface area (Å²) in [6.07, 6.45) is 1.31. The Kier molecular flexibility index (Phi) is 3.41. The maximum Gasteiger partial charge on any atom is 0.250 e. The number of nitrogens with one attached hydrogen (secondary N) is 1. The van der Waals surface area contributed by atoms with E-state index in [2.05, 4.69) is 4.72 Å². The Bertz CT molecular complexity index is 710. The number of hydrogen-bond acceptors (Lipinski definition) is 4. The van der Waals surface area contributed by atoms with Crippen LogP contribution in [-0.2, 0) is 22.0 Å². The van der Waals surface area contributed by atoms with E-state index in [1.807, 2.05) is 24.3 Å². The van der Waals surface area contributed by atoms with Gasteiger partial charge in [-0.05, 0) is 35.4 Å². The molecule has 0 saturated heterocycles. The quantitative estimate of drug-likeness (QED) is 0.906. The van der Waals surface area contributed by atoms with Crippen molar-refractivity contribution in [1.29, 1.82) is 0 Å². The van der Waals surface area contributed by atoms with Crippen molar-refractivity contribution < 1.29 is 13.5 Å². The highest BCUT2D eigenvalue weighted by Gasteiger charge is 2.37. The lowest BCUT2D eigenvalue weighted by molar-refractivity contribution is 0.0442. The van der Waals surface area contributed by atoms with Gasteiger partial charge >= 0.3 is 0 Å². The van der Waals surface area contributed by atoms with Gasteiger partial charge in [0.1, 0.15) is 9.81 Å². The number of rotatable bonds is 4. The lowest BCUT2D eigenvalue weighted by atomic mass is 9.96. The second kappa shape index (κ2) is 4.96. The van der Waals surface area contributed by atoms with Gasteiger partial charge < -0.3 is 5.11 Å². The topological polar surface area (TPSA) is 66.4 Å². The van der Waals surface area contributed by atoms with E-state index in [9.17, 15) is 13.5 Å². The standard InChI is InChI=1S/C14H15NO3S2/c16-14(8-7-11-4-1-2-5-12(11)14)10-15-20(17,18)13-6-3-9-19-13/h1-6,9,15-16H,7-8,10H2/t14-/m0/s1. The van der Waals surface area contributed by atoms with Crippen LogP contribution >= 0.6 is 11.3 Å². The molecule has 1 heterocycles. The summed E-state index contributed by atoms with van der Waals surface area (Å²) in [6.45, 7) is 0.00421. The Hall–Kier alpha value is -1.21. The molecule has 4 nitrogen and oxygen atoms in total. The molecule has 6 heteroatoms. The highest BCUT2D eigenvalue weighted by Crippen LogP contribution is 2.36. The molecule has 0 spiro atoms. The Morgan fingerprint density at radius 1 is 1.25 bits per heavy atom. The lowest BCUT2D eigenvalue weighted by Crippen LogP contribution is -2.39. The van der Waals surface area contributed by atoms with Gasteiger partial charge in [0, 0.05) is 6.54 Å². The summed E-state index contributed by atoms with van der Waals surface area (Å²) >= 11 is 1.16. The molecule has 1 aromatic carbocycles. The largest absolute Gasteiger partial charge is 0.384 e. The summed E-state index contributed by atoms with van der Waals surface area (Å²) in [5.41, 5.74) is 0.806.